The number of hydrogen-bond donors (Lipinski definition) is 0. The molecule has 1 aromatic rings. The Labute approximate surface area is 121 Å². The molecule has 2 rings (SSSR count). The zero-order chi connectivity index (χ0) is 12.8. The molecule has 1 unspecified atom stereocenters. The van der Waals surface area contributed by atoms with Crippen LogP contribution in [0.3, 0.4) is 0 Å². The largest absolute Gasteiger partial charge is 0.492 e. The summed E-state index contributed by atoms with van der Waals surface area (Å²) in [6.45, 7) is 4.21. The first kappa shape index (κ1) is 14.1. The number of alkyl halides is 1. The molecule has 18 heavy (non-hydrogen) atoms. The number of morpholine rings is 1. The second-order valence-electron chi connectivity index (χ2n) is 4.25. The van der Waals surface area contributed by atoms with Crippen LogP contribution in [0.5, 0.6) is 5.75 Å². The van der Waals surface area contributed by atoms with E-state index in [1.165, 1.54) is 0 Å². The fourth-order valence-corrected chi connectivity index (χ4v) is 2.35. The van der Waals surface area contributed by atoms with Crippen molar-refractivity contribution in [3.8, 4) is 5.75 Å². The molecule has 0 aromatic heterocycles. The predicted molar refractivity (Wildman–Crippen MR) is 76.5 cm³/mol. The Kier molecular flexibility index (Phi) is 5.76. The van der Waals surface area contributed by atoms with Crippen molar-refractivity contribution < 1.29 is 9.47 Å². The first-order chi connectivity index (χ1) is 8.78. The second-order valence-corrected chi connectivity index (χ2v) is 5.47. The molecular weight excluding hydrogens is 318 g/mol. The molecule has 5 heteroatoms. The smallest absolute Gasteiger partial charge is 0.119 e. The lowest BCUT2D eigenvalue weighted by molar-refractivity contribution is -0.0196. The summed E-state index contributed by atoms with van der Waals surface area (Å²) >= 11 is 9.20. The topological polar surface area (TPSA) is 21.7 Å². The highest BCUT2D eigenvalue weighted by atomic mass is 79.9. The number of ether oxygens (including phenoxy) is 2. The maximum absolute atomic E-state index is 5.80. The van der Waals surface area contributed by atoms with Crippen LogP contribution in [0, 0.1) is 0 Å². The molecule has 0 saturated carbocycles. The number of benzene rings is 1. The molecule has 0 spiro atoms. The van der Waals surface area contributed by atoms with Crippen molar-refractivity contribution in [1.29, 1.82) is 0 Å². The quantitative estimate of drug-likeness (QED) is 0.773. The van der Waals surface area contributed by atoms with E-state index in [0.29, 0.717) is 12.5 Å². The van der Waals surface area contributed by atoms with E-state index >= 15 is 0 Å². The summed E-state index contributed by atoms with van der Waals surface area (Å²) in [6, 6.07) is 7.89. The zero-order valence-corrected chi connectivity index (χ0v) is 12.5. The van der Waals surface area contributed by atoms with Gasteiger partial charge in [-0.05, 0) is 24.3 Å². The highest BCUT2D eigenvalue weighted by molar-refractivity contribution is 9.10. The molecule has 3 nitrogen and oxygen atoms in total. The van der Waals surface area contributed by atoms with E-state index in [4.69, 9.17) is 21.1 Å². The molecule has 1 fully saturated rings. The highest BCUT2D eigenvalue weighted by Crippen LogP contribution is 2.16. The van der Waals surface area contributed by atoms with E-state index in [0.717, 1.165) is 36.5 Å². The van der Waals surface area contributed by atoms with Gasteiger partial charge in [-0.1, -0.05) is 15.9 Å². The number of nitrogens with zero attached hydrogens (tertiary/aromatic N) is 1. The Hall–Kier alpha value is -0.290. The minimum absolute atomic E-state index is 0.160. The van der Waals surface area contributed by atoms with Gasteiger partial charge in [-0.15, -0.1) is 11.6 Å². The molecule has 1 aliphatic heterocycles. The first-order valence-corrected chi connectivity index (χ1v) is 7.39. The van der Waals surface area contributed by atoms with Crippen LogP contribution in [0.2, 0.25) is 0 Å². The van der Waals surface area contributed by atoms with Gasteiger partial charge in [0, 0.05) is 30.0 Å². The standard InChI is InChI=1S/C13H17BrClNO2/c14-11-1-3-12(4-2-11)17-7-5-16-6-8-18-13(9-15)10-16/h1-4,13H,5-10H2. The lowest BCUT2D eigenvalue weighted by Crippen LogP contribution is -2.44. The Morgan fingerprint density at radius 1 is 1.39 bits per heavy atom. The molecule has 100 valence electrons. The van der Waals surface area contributed by atoms with Crippen LogP contribution in [0.25, 0.3) is 0 Å². The predicted octanol–water partition coefficient (Wildman–Crippen LogP) is 2.77. The van der Waals surface area contributed by atoms with E-state index < -0.39 is 0 Å². The number of hydrogen-bond acceptors (Lipinski definition) is 3. The monoisotopic (exact) mass is 333 g/mol. The zero-order valence-electron chi connectivity index (χ0n) is 10.1. The van der Waals surface area contributed by atoms with Crippen LogP contribution < -0.4 is 4.74 Å². The van der Waals surface area contributed by atoms with Gasteiger partial charge in [-0.2, -0.15) is 0 Å². The van der Waals surface area contributed by atoms with Crippen LogP contribution in [-0.4, -0.2) is 49.7 Å². The van der Waals surface area contributed by atoms with Crippen molar-refractivity contribution in [3.63, 3.8) is 0 Å². The molecule has 0 radical (unpaired) electrons. The van der Waals surface area contributed by atoms with E-state index in [-0.39, 0.29) is 6.10 Å². The fourth-order valence-electron chi connectivity index (χ4n) is 1.90. The van der Waals surface area contributed by atoms with Gasteiger partial charge in [-0.3, -0.25) is 4.90 Å². The third kappa shape index (κ3) is 4.43. The summed E-state index contributed by atoms with van der Waals surface area (Å²) in [7, 11) is 0. The van der Waals surface area contributed by atoms with Gasteiger partial charge < -0.3 is 9.47 Å². The van der Waals surface area contributed by atoms with Gasteiger partial charge in [-0.25, -0.2) is 0 Å². The fraction of sp³-hybridized carbons (Fsp3) is 0.538. The molecule has 0 N–H and O–H groups in total. The first-order valence-electron chi connectivity index (χ1n) is 6.06. The second kappa shape index (κ2) is 7.34. The van der Waals surface area contributed by atoms with Crippen LogP contribution in [-0.2, 0) is 4.74 Å². The normalized spacial score (nSPS) is 20.9. The lowest BCUT2D eigenvalue weighted by Gasteiger charge is -2.31. The summed E-state index contributed by atoms with van der Waals surface area (Å²) in [5.41, 5.74) is 0. The van der Waals surface area contributed by atoms with Gasteiger partial charge in [0.05, 0.1) is 12.7 Å². The SMILES string of the molecule is ClCC1CN(CCOc2ccc(Br)cc2)CCO1. The van der Waals surface area contributed by atoms with Crippen LogP contribution >= 0.6 is 27.5 Å². The van der Waals surface area contributed by atoms with Crippen LogP contribution in [0.1, 0.15) is 0 Å². The van der Waals surface area contributed by atoms with E-state index in [1.807, 2.05) is 24.3 Å². The van der Waals surface area contributed by atoms with Crippen LogP contribution in [0.15, 0.2) is 28.7 Å². The Bertz CT molecular complexity index is 361. The minimum atomic E-state index is 0.160. The number of halogens is 2. The van der Waals surface area contributed by atoms with Crippen LogP contribution in [0.4, 0.5) is 0 Å². The molecule has 1 saturated heterocycles. The molecule has 1 atom stereocenters. The van der Waals surface area contributed by atoms with E-state index in [1.54, 1.807) is 0 Å². The maximum atomic E-state index is 5.80. The lowest BCUT2D eigenvalue weighted by atomic mass is 10.3. The van der Waals surface area contributed by atoms with Gasteiger partial charge in [0.25, 0.3) is 0 Å². The molecule has 0 bridgehead atoms. The Morgan fingerprint density at radius 2 is 2.17 bits per heavy atom. The van der Waals surface area contributed by atoms with E-state index in [2.05, 4.69) is 20.8 Å². The van der Waals surface area contributed by atoms with Gasteiger partial charge >= 0.3 is 0 Å². The minimum Gasteiger partial charge on any atom is -0.492 e. The summed E-state index contributed by atoms with van der Waals surface area (Å²) in [6.07, 6.45) is 0.160. The van der Waals surface area contributed by atoms with E-state index in [9.17, 15) is 0 Å². The summed E-state index contributed by atoms with van der Waals surface area (Å²) in [5, 5.41) is 0. The van der Waals surface area contributed by atoms with Crippen molar-refractivity contribution in [3.05, 3.63) is 28.7 Å². The molecule has 1 aromatic carbocycles. The third-order valence-corrected chi connectivity index (χ3v) is 3.76. The highest BCUT2D eigenvalue weighted by Gasteiger charge is 2.19. The van der Waals surface area contributed by atoms with Crippen molar-refractivity contribution in [2.24, 2.45) is 0 Å². The van der Waals surface area contributed by atoms with Gasteiger partial charge in [0.2, 0.25) is 0 Å². The Morgan fingerprint density at radius 3 is 2.89 bits per heavy atom. The molecule has 1 heterocycles. The summed E-state index contributed by atoms with van der Waals surface area (Å²) in [4.78, 5) is 2.33. The van der Waals surface area contributed by atoms with Crippen molar-refractivity contribution in [1.82, 2.24) is 4.90 Å². The molecular formula is C13H17BrClNO2. The van der Waals surface area contributed by atoms with Gasteiger partial charge in [0.1, 0.15) is 12.4 Å². The number of rotatable bonds is 5. The maximum Gasteiger partial charge on any atom is 0.119 e. The summed E-state index contributed by atoms with van der Waals surface area (Å²) in [5.74, 6) is 1.46. The Balaban J connectivity index is 1.70. The van der Waals surface area contributed by atoms with Crippen molar-refractivity contribution in [2.45, 2.75) is 6.10 Å². The molecule has 0 amide bonds. The summed E-state index contributed by atoms with van der Waals surface area (Å²) < 4.78 is 12.3. The molecule has 0 aliphatic carbocycles. The average Bonchev–Trinajstić information content (AvgIpc) is 2.41. The molecule has 1 aliphatic rings. The third-order valence-electron chi connectivity index (χ3n) is 2.88. The van der Waals surface area contributed by atoms with Gasteiger partial charge in [0.15, 0.2) is 0 Å². The van der Waals surface area contributed by atoms with Crippen molar-refractivity contribution in [2.75, 3.05) is 38.7 Å². The average molecular weight is 335 g/mol. The van der Waals surface area contributed by atoms with Crippen molar-refractivity contribution >= 4 is 27.5 Å².